The summed E-state index contributed by atoms with van der Waals surface area (Å²) in [6, 6.07) is 7.93. The van der Waals surface area contributed by atoms with Gasteiger partial charge in [-0.2, -0.15) is 5.10 Å². The fourth-order valence-electron chi connectivity index (χ4n) is 2.69. The van der Waals surface area contributed by atoms with Crippen molar-refractivity contribution in [2.75, 3.05) is 25.6 Å². The Balaban J connectivity index is 2.16. The zero-order valence-electron chi connectivity index (χ0n) is 14.5. The van der Waals surface area contributed by atoms with Gasteiger partial charge < -0.3 is 15.3 Å². The molecule has 0 spiro atoms. The molecule has 1 aliphatic heterocycles. The average Bonchev–Trinajstić information content (AvgIpc) is 3.06. The highest BCUT2D eigenvalue weighted by atomic mass is 16.4. The number of rotatable bonds is 6. The smallest absolute Gasteiger partial charge is 0.328 e. The normalized spacial score (nSPS) is 17.6. The Hall–Kier alpha value is -2.90. The number of nitrogens with one attached hydrogen (secondary N) is 1. The van der Waals surface area contributed by atoms with Crippen LogP contribution in [-0.4, -0.2) is 60.2 Å². The summed E-state index contributed by atoms with van der Waals surface area (Å²) in [7, 11) is 3.11. The van der Waals surface area contributed by atoms with Gasteiger partial charge in [0.25, 0.3) is 5.91 Å². The van der Waals surface area contributed by atoms with Crippen molar-refractivity contribution in [1.82, 2.24) is 10.2 Å². The molecule has 2 N–H and O–H groups in total. The van der Waals surface area contributed by atoms with E-state index in [1.807, 2.05) is 6.07 Å². The molecule has 1 aromatic carbocycles. The molecule has 1 heterocycles. The minimum Gasteiger partial charge on any atom is -0.480 e. The van der Waals surface area contributed by atoms with E-state index in [-0.39, 0.29) is 36.4 Å². The van der Waals surface area contributed by atoms with Crippen LogP contribution in [0.15, 0.2) is 35.4 Å². The first-order valence-corrected chi connectivity index (χ1v) is 7.96. The lowest BCUT2D eigenvalue weighted by Crippen LogP contribution is -2.40. The zero-order chi connectivity index (χ0) is 18.6. The van der Waals surface area contributed by atoms with Gasteiger partial charge in [0, 0.05) is 27.1 Å². The molecular weight excluding hydrogens is 324 g/mol. The Kier molecular flexibility index (Phi) is 5.74. The van der Waals surface area contributed by atoms with Gasteiger partial charge in [-0.3, -0.25) is 14.6 Å². The number of anilines is 1. The van der Waals surface area contributed by atoms with Crippen LogP contribution in [-0.2, 0) is 14.4 Å². The number of carbonyl (C=O) groups is 3. The van der Waals surface area contributed by atoms with Gasteiger partial charge in [0.05, 0.1) is 11.6 Å². The molecule has 8 heteroatoms. The molecule has 0 radical (unpaired) electrons. The van der Waals surface area contributed by atoms with E-state index in [1.54, 1.807) is 38.2 Å². The van der Waals surface area contributed by atoms with E-state index in [1.165, 1.54) is 17.0 Å². The molecule has 2 atom stereocenters. The maximum absolute atomic E-state index is 12.6. The molecule has 1 aliphatic rings. The molecule has 2 unspecified atom stereocenters. The highest BCUT2D eigenvalue weighted by Crippen LogP contribution is 2.25. The Labute approximate surface area is 146 Å². The number of aliphatic carboxylic acids is 1. The largest absolute Gasteiger partial charge is 0.480 e. The van der Waals surface area contributed by atoms with Gasteiger partial charge in [0.1, 0.15) is 5.71 Å². The minimum atomic E-state index is -1.04. The quantitative estimate of drug-likeness (QED) is 0.783. The van der Waals surface area contributed by atoms with E-state index >= 15 is 0 Å². The van der Waals surface area contributed by atoms with Crippen molar-refractivity contribution in [2.24, 2.45) is 11.0 Å². The summed E-state index contributed by atoms with van der Waals surface area (Å²) in [6.45, 7) is 1.94. The zero-order valence-corrected chi connectivity index (χ0v) is 14.5. The van der Waals surface area contributed by atoms with E-state index in [4.69, 9.17) is 0 Å². The molecule has 2 amide bonds. The van der Waals surface area contributed by atoms with Crippen molar-refractivity contribution in [3.63, 3.8) is 0 Å². The number of carbonyl (C=O) groups excluding carboxylic acids is 2. The standard InChI is InChI=1S/C17H22N4O4/c1-11(15(22)18-2)10-20(3)16(23)13-9-14(17(24)25)21(19-13)12-7-5-4-6-8-12/h4-8,11,14H,9-10H2,1-3H3,(H,18,22)(H,24,25). The number of hydrazone groups is 1. The number of hydrogen-bond donors (Lipinski definition) is 2. The van der Waals surface area contributed by atoms with Gasteiger partial charge in [-0.05, 0) is 12.1 Å². The second-order valence-electron chi connectivity index (χ2n) is 5.99. The van der Waals surface area contributed by atoms with Crippen molar-refractivity contribution < 1.29 is 19.5 Å². The van der Waals surface area contributed by atoms with Crippen molar-refractivity contribution in [1.29, 1.82) is 0 Å². The number of carboxylic acids is 1. The van der Waals surface area contributed by atoms with Crippen LogP contribution < -0.4 is 10.3 Å². The predicted octanol–water partition coefficient (Wildman–Crippen LogP) is 0.546. The first-order chi connectivity index (χ1) is 11.8. The second-order valence-corrected chi connectivity index (χ2v) is 5.99. The van der Waals surface area contributed by atoms with Crippen LogP contribution in [0.2, 0.25) is 0 Å². The van der Waals surface area contributed by atoms with Crippen LogP contribution >= 0.6 is 0 Å². The highest BCUT2D eigenvalue weighted by Gasteiger charge is 2.37. The first-order valence-electron chi connectivity index (χ1n) is 7.96. The lowest BCUT2D eigenvalue weighted by atomic mass is 10.1. The Morgan fingerprint density at radius 1 is 1.36 bits per heavy atom. The van der Waals surface area contributed by atoms with Gasteiger partial charge in [0.2, 0.25) is 5.91 Å². The molecule has 2 rings (SSSR count). The minimum absolute atomic E-state index is 0.0156. The monoisotopic (exact) mass is 346 g/mol. The Morgan fingerprint density at radius 3 is 2.56 bits per heavy atom. The average molecular weight is 346 g/mol. The number of carboxylic acid groups (broad SMARTS) is 1. The third kappa shape index (κ3) is 4.14. The van der Waals surface area contributed by atoms with E-state index < -0.39 is 12.0 Å². The Bertz CT molecular complexity index is 689. The first kappa shape index (κ1) is 18.4. The predicted molar refractivity (Wildman–Crippen MR) is 93.3 cm³/mol. The molecule has 8 nitrogen and oxygen atoms in total. The molecule has 0 aliphatic carbocycles. The number of nitrogens with zero attached hydrogens (tertiary/aromatic N) is 3. The van der Waals surface area contributed by atoms with E-state index in [0.717, 1.165) is 0 Å². The Morgan fingerprint density at radius 2 is 2.00 bits per heavy atom. The van der Waals surface area contributed by atoms with Crippen LogP contribution in [0.4, 0.5) is 5.69 Å². The number of amides is 2. The number of hydrogen-bond acceptors (Lipinski definition) is 5. The van der Waals surface area contributed by atoms with Gasteiger partial charge in [0.15, 0.2) is 6.04 Å². The lowest BCUT2D eigenvalue weighted by Gasteiger charge is -2.20. The summed E-state index contributed by atoms with van der Waals surface area (Å²) in [5.74, 6) is -1.96. The molecular formula is C17H22N4O4. The topological polar surface area (TPSA) is 102 Å². The lowest BCUT2D eigenvalue weighted by molar-refractivity contribution is -0.138. The summed E-state index contributed by atoms with van der Waals surface area (Å²) in [4.78, 5) is 37.1. The molecule has 0 fully saturated rings. The van der Waals surface area contributed by atoms with Crippen molar-refractivity contribution >= 4 is 29.2 Å². The second kappa shape index (κ2) is 7.78. The van der Waals surface area contributed by atoms with Crippen molar-refractivity contribution in [2.45, 2.75) is 19.4 Å². The molecule has 0 saturated carbocycles. The maximum Gasteiger partial charge on any atom is 0.328 e. The number of benzene rings is 1. The van der Waals surface area contributed by atoms with E-state index in [9.17, 15) is 19.5 Å². The van der Waals surface area contributed by atoms with Crippen molar-refractivity contribution in [3.05, 3.63) is 30.3 Å². The van der Waals surface area contributed by atoms with Crippen LogP contribution in [0.1, 0.15) is 13.3 Å². The van der Waals surface area contributed by atoms with Crippen LogP contribution in [0.3, 0.4) is 0 Å². The van der Waals surface area contributed by atoms with Gasteiger partial charge in [-0.15, -0.1) is 0 Å². The summed E-state index contributed by atoms with van der Waals surface area (Å²) in [5, 5.41) is 17.6. The highest BCUT2D eigenvalue weighted by molar-refractivity contribution is 6.40. The van der Waals surface area contributed by atoms with Crippen molar-refractivity contribution in [3.8, 4) is 0 Å². The fraction of sp³-hybridized carbons (Fsp3) is 0.412. The maximum atomic E-state index is 12.6. The third-order valence-corrected chi connectivity index (χ3v) is 4.05. The molecule has 1 aromatic rings. The molecule has 0 aromatic heterocycles. The van der Waals surface area contributed by atoms with Crippen LogP contribution in [0, 0.1) is 5.92 Å². The third-order valence-electron chi connectivity index (χ3n) is 4.05. The summed E-state index contributed by atoms with van der Waals surface area (Å²) < 4.78 is 0. The van der Waals surface area contributed by atoms with E-state index in [0.29, 0.717) is 5.69 Å². The summed E-state index contributed by atoms with van der Waals surface area (Å²) in [6.07, 6.45) is 0.0156. The summed E-state index contributed by atoms with van der Waals surface area (Å²) in [5.41, 5.74) is 0.780. The number of para-hydroxylation sites is 1. The summed E-state index contributed by atoms with van der Waals surface area (Å²) >= 11 is 0. The van der Waals surface area contributed by atoms with Gasteiger partial charge in [-0.25, -0.2) is 4.79 Å². The molecule has 0 bridgehead atoms. The molecule has 134 valence electrons. The van der Waals surface area contributed by atoms with E-state index in [2.05, 4.69) is 10.4 Å². The SMILES string of the molecule is CNC(=O)C(C)CN(C)C(=O)C1=NN(c2ccccc2)C(C(=O)O)C1. The molecule has 25 heavy (non-hydrogen) atoms. The van der Waals surface area contributed by atoms with Gasteiger partial charge >= 0.3 is 5.97 Å². The molecule has 0 saturated heterocycles. The fourth-order valence-corrected chi connectivity index (χ4v) is 2.69. The van der Waals surface area contributed by atoms with Gasteiger partial charge in [-0.1, -0.05) is 25.1 Å². The van der Waals surface area contributed by atoms with Crippen LogP contribution in [0.5, 0.6) is 0 Å². The van der Waals surface area contributed by atoms with Crippen LogP contribution in [0.25, 0.3) is 0 Å².